The Morgan fingerprint density at radius 3 is 3.00 bits per heavy atom. The van der Waals surface area contributed by atoms with Crippen LogP contribution in [0.25, 0.3) is 0 Å². The van der Waals surface area contributed by atoms with Gasteiger partial charge in [-0.3, -0.25) is 0 Å². The summed E-state index contributed by atoms with van der Waals surface area (Å²) >= 11 is 0. The van der Waals surface area contributed by atoms with Crippen molar-refractivity contribution in [3.05, 3.63) is 17.5 Å². The number of nitrogens with zero attached hydrogens (tertiary/aromatic N) is 1. The molecule has 0 aromatic carbocycles. The number of carboxylic acids is 1. The third-order valence-electron chi connectivity index (χ3n) is 2.74. The predicted octanol–water partition coefficient (Wildman–Crippen LogP) is 1.26. The maximum absolute atomic E-state index is 10.5. The zero-order valence-electron chi connectivity index (χ0n) is 8.40. The van der Waals surface area contributed by atoms with Gasteiger partial charge in [0.15, 0.2) is 11.5 Å². The van der Waals surface area contributed by atoms with Crippen molar-refractivity contribution in [3.63, 3.8) is 0 Å². The van der Waals surface area contributed by atoms with Gasteiger partial charge in [-0.25, -0.2) is 4.79 Å². The number of hydrogen-bond acceptors (Lipinski definition) is 4. The average molecular weight is 210 g/mol. The number of carboxylic acid groups (broad SMARTS) is 1. The van der Waals surface area contributed by atoms with Crippen LogP contribution in [0.5, 0.6) is 0 Å². The Hall–Kier alpha value is -1.36. The molecule has 2 rings (SSSR count). The van der Waals surface area contributed by atoms with E-state index in [0.29, 0.717) is 12.3 Å². The molecule has 0 aliphatic heterocycles. The smallest absolute Gasteiger partial charge is 0.358 e. The number of aromatic carboxylic acids is 1. The van der Waals surface area contributed by atoms with E-state index in [4.69, 9.17) is 9.63 Å². The van der Waals surface area contributed by atoms with Gasteiger partial charge in [0.25, 0.3) is 0 Å². The van der Waals surface area contributed by atoms with Crippen molar-refractivity contribution in [1.29, 1.82) is 0 Å². The summed E-state index contributed by atoms with van der Waals surface area (Å²) in [5, 5.41) is 15.3. The first-order valence-electron chi connectivity index (χ1n) is 5.15. The Morgan fingerprint density at radius 2 is 2.47 bits per heavy atom. The van der Waals surface area contributed by atoms with Crippen LogP contribution in [-0.4, -0.2) is 22.8 Å². The molecule has 0 spiro atoms. The number of carbonyl (C=O) groups is 1. The monoisotopic (exact) mass is 210 g/mol. The van der Waals surface area contributed by atoms with Crippen LogP contribution in [0.15, 0.2) is 10.6 Å². The van der Waals surface area contributed by atoms with E-state index in [2.05, 4.69) is 10.5 Å². The molecule has 15 heavy (non-hydrogen) atoms. The van der Waals surface area contributed by atoms with Gasteiger partial charge in [0.2, 0.25) is 0 Å². The van der Waals surface area contributed by atoms with E-state index in [9.17, 15) is 4.79 Å². The first kappa shape index (κ1) is 10.2. The van der Waals surface area contributed by atoms with Gasteiger partial charge < -0.3 is 14.9 Å². The molecule has 5 heteroatoms. The second-order valence-electron chi connectivity index (χ2n) is 3.91. The minimum absolute atomic E-state index is 0.0320. The third-order valence-corrected chi connectivity index (χ3v) is 2.74. The molecule has 0 bridgehead atoms. The van der Waals surface area contributed by atoms with Crippen LogP contribution in [0.2, 0.25) is 0 Å². The van der Waals surface area contributed by atoms with Gasteiger partial charge in [-0.15, -0.1) is 0 Å². The lowest BCUT2D eigenvalue weighted by Gasteiger charge is -2.25. The maximum Gasteiger partial charge on any atom is 0.358 e. The highest BCUT2D eigenvalue weighted by Gasteiger charge is 2.17. The molecule has 1 aromatic rings. The zero-order valence-corrected chi connectivity index (χ0v) is 8.40. The lowest BCUT2D eigenvalue weighted by molar-refractivity contribution is 0.0685. The summed E-state index contributed by atoms with van der Waals surface area (Å²) < 4.78 is 4.87. The number of rotatable bonds is 5. The lowest BCUT2D eigenvalue weighted by atomic mass is 9.85. The summed E-state index contributed by atoms with van der Waals surface area (Å²) in [6, 6.07) is 1.45. The molecule has 0 saturated heterocycles. The summed E-state index contributed by atoms with van der Waals surface area (Å²) in [7, 11) is 0. The van der Waals surface area contributed by atoms with Crippen molar-refractivity contribution in [2.45, 2.75) is 25.8 Å². The second kappa shape index (κ2) is 4.44. The Bertz CT molecular complexity index is 344. The molecule has 1 aliphatic carbocycles. The summed E-state index contributed by atoms with van der Waals surface area (Å²) in [4.78, 5) is 10.5. The Balaban J connectivity index is 1.75. The van der Waals surface area contributed by atoms with E-state index in [1.165, 1.54) is 25.3 Å². The lowest BCUT2D eigenvalue weighted by Crippen LogP contribution is -2.26. The van der Waals surface area contributed by atoms with Crippen molar-refractivity contribution in [2.24, 2.45) is 5.92 Å². The highest BCUT2D eigenvalue weighted by molar-refractivity contribution is 5.85. The number of aromatic nitrogens is 1. The van der Waals surface area contributed by atoms with Crippen molar-refractivity contribution in [1.82, 2.24) is 10.5 Å². The van der Waals surface area contributed by atoms with E-state index >= 15 is 0 Å². The number of hydrogen-bond donors (Lipinski definition) is 2. The van der Waals surface area contributed by atoms with Crippen LogP contribution in [0.4, 0.5) is 0 Å². The van der Waals surface area contributed by atoms with Crippen molar-refractivity contribution in [2.75, 3.05) is 6.54 Å². The Kier molecular flexibility index (Phi) is 3.01. The normalized spacial score (nSPS) is 16.3. The first-order chi connectivity index (χ1) is 7.25. The quantitative estimate of drug-likeness (QED) is 0.765. The van der Waals surface area contributed by atoms with Crippen molar-refractivity contribution < 1.29 is 14.4 Å². The van der Waals surface area contributed by atoms with Crippen LogP contribution in [0.3, 0.4) is 0 Å². The molecule has 5 nitrogen and oxygen atoms in total. The molecule has 0 amide bonds. The van der Waals surface area contributed by atoms with Gasteiger partial charge in [0, 0.05) is 6.07 Å². The summed E-state index contributed by atoms with van der Waals surface area (Å²) in [5.41, 5.74) is -0.0320. The molecule has 1 aliphatic rings. The van der Waals surface area contributed by atoms with Gasteiger partial charge >= 0.3 is 5.97 Å². The zero-order chi connectivity index (χ0) is 10.7. The molecule has 0 unspecified atom stereocenters. The van der Waals surface area contributed by atoms with E-state index in [-0.39, 0.29) is 5.69 Å². The Morgan fingerprint density at radius 1 is 1.67 bits per heavy atom. The van der Waals surface area contributed by atoms with E-state index in [0.717, 1.165) is 12.5 Å². The van der Waals surface area contributed by atoms with Gasteiger partial charge in [-0.05, 0) is 25.3 Å². The van der Waals surface area contributed by atoms with Gasteiger partial charge in [-0.1, -0.05) is 11.6 Å². The minimum atomic E-state index is -1.05. The van der Waals surface area contributed by atoms with Gasteiger partial charge in [0.1, 0.15) is 0 Å². The topological polar surface area (TPSA) is 75.4 Å². The van der Waals surface area contributed by atoms with Gasteiger partial charge in [0.05, 0.1) is 6.54 Å². The predicted molar refractivity (Wildman–Crippen MR) is 52.5 cm³/mol. The van der Waals surface area contributed by atoms with Crippen LogP contribution in [-0.2, 0) is 6.54 Å². The van der Waals surface area contributed by atoms with E-state index in [1.807, 2.05) is 0 Å². The fourth-order valence-corrected chi connectivity index (χ4v) is 1.59. The van der Waals surface area contributed by atoms with Gasteiger partial charge in [-0.2, -0.15) is 0 Å². The van der Waals surface area contributed by atoms with Crippen molar-refractivity contribution >= 4 is 5.97 Å². The van der Waals surface area contributed by atoms with Crippen LogP contribution in [0.1, 0.15) is 35.5 Å². The molecule has 0 atom stereocenters. The second-order valence-corrected chi connectivity index (χ2v) is 3.91. The van der Waals surface area contributed by atoms with Crippen LogP contribution >= 0.6 is 0 Å². The molecular weight excluding hydrogens is 196 g/mol. The summed E-state index contributed by atoms with van der Waals surface area (Å²) in [5.74, 6) is 0.308. The fourth-order valence-electron chi connectivity index (χ4n) is 1.59. The molecule has 2 N–H and O–H groups in total. The highest BCUT2D eigenvalue weighted by atomic mass is 16.5. The molecular formula is C10H14N2O3. The van der Waals surface area contributed by atoms with E-state index in [1.54, 1.807) is 0 Å². The Labute approximate surface area is 87.5 Å². The fraction of sp³-hybridized carbons (Fsp3) is 0.600. The molecule has 1 fully saturated rings. The van der Waals surface area contributed by atoms with Crippen LogP contribution < -0.4 is 5.32 Å². The molecule has 0 radical (unpaired) electrons. The first-order valence-corrected chi connectivity index (χ1v) is 5.15. The number of nitrogens with one attached hydrogen (secondary N) is 1. The average Bonchev–Trinajstić information content (AvgIpc) is 2.57. The van der Waals surface area contributed by atoms with Crippen molar-refractivity contribution in [3.8, 4) is 0 Å². The molecule has 1 saturated carbocycles. The molecule has 82 valence electrons. The summed E-state index contributed by atoms with van der Waals surface area (Å²) in [6.45, 7) is 1.53. The summed E-state index contributed by atoms with van der Waals surface area (Å²) in [6.07, 6.45) is 3.92. The standard InChI is InChI=1S/C10H14N2O3/c13-10(14)9-4-8(15-12-9)6-11-5-7-2-1-3-7/h4,7,11H,1-3,5-6H2,(H,13,14). The largest absolute Gasteiger partial charge is 0.476 e. The third kappa shape index (κ3) is 2.56. The van der Waals surface area contributed by atoms with Crippen LogP contribution in [0, 0.1) is 5.92 Å². The molecule has 1 heterocycles. The minimum Gasteiger partial charge on any atom is -0.476 e. The van der Waals surface area contributed by atoms with E-state index < -0.39 is 5.97 Å². The maximum atomic E-state index is 10.5. The highest BCUT2D eigenvalue weighted by Crippen LogP contribution is 2.25. The SMILES string of the molecule is O=C(O)c1cc(CNCC2CCC2)on1. The molecule has 1 aromatic heterocycles.